The summed E-state index contributed by atoms with van der Waals surface area (Å²) >= 11 is 0. The van der Waals surface area contributed by atoms with Crippen molar-refractivity contribution in [1.29, 1.82) is 5.26 Å². The minimum Gasteiger partial charge on any atom is -0.372 e. The summed E-state index contributed by atoms with van der Waals surface area (Å²) in [4.78, 5) is 19.2. The molecule has 2 aromatic rings. The molecule has 0 radical (unpaired) electrons. The zero-order chi connectivity index (χ0) is 23.8. The van der Waals surface area contributed by atoms with Crippen molar-refractivity contribution in [3.63, 3.8) is 0 Å². The first-order valence-corrected chi connectivity index (χ1v) is 10.9. The van der Waals surface area contributed by atoms with E-state index in [1.807, 2.05) is 0 Å². The van der Waals surface area contributed by atoms with Crippen LogP contribution in [0, 0.1) is 40.0 Å². The monoisotopic (exact) mass is 467 g/mol. The number of nitro groups is 1. The standard InChI is InChI=1S/C19H19F2N5O5S/c1-11-23-15(14(9-22)32(29,30)17-12(20)5-4-6-13(17)21)16(26(27)28)18(24-11)25-7-8-31-19(2,3)10-25/h4-6,14H,7-8,10H2,1-3H3. The van der Waals surface area contributed by atoms with E-state index in [1.54, 1.807) is 13.8 Å². The van der Waals surface area contributed by atoms with Crippen LogP contribution in [0.5, 0.6) is 0 Å². The van der Waals surface area contributed by atoms with Gasteiger partial charge >= 0.3 is 5.69 Å². The summed E-state index contributed by atoms with van der Waals surface area (Å²) in [6.45, 7) is 5.53. The Kier molecular flexibility index (Phi) is 6.12. The van der Waals surface area contributed by atoms with Gasteiger partial charge in [-0.3, -0.25) is 10.1 Å². The fourth-order valence-electron chi connectivity index (χ4n) is 3.50. The molecule has 1 unspecified atom stereocenters. The SMILES string of the molecule is Cc1nc(C(C#N)S(=O)(=O)c2c(F)cccc2F)c([N+](=O)[O-])c(N2CCOC(C)(C)C2)n1. The van der Waals surface area contributed by atoms with Crippen LogP contribution in [0.1, 0.15) is 30.6 Å². The number of hydrogen-bond acceptors (Lipinski definition) is 9. The first-order chi connectivity index (χ1) is 14.9. The number of hydrogen-bond donors (Lipinski definition) is 0. The van der Waals surface area contributed by atoms with Crippen molar-refractivity contribution in [2.45, 2.75) is 36.5 Å². The lowest BCUT2D eigenvalue weighted by Gasteiger charge is -2.38. The van der Waals surface area contributed by atoms with E-state index in [0.717, 1.165) is 6.07 Å². The van der Waals surface area contributed by atoms with Crippen molar-refractivity contribution in [2.24, 2.45) is 0 Å². The highest BCUT2D eigenvalue weighted by atomic mass is 32.2. The zero-order valence-corrected chi connectivity index (χ0v) is 18.2. The zero-order valence-electron chi connectivity index (χ0n) is 17.4. The number of sulfone groups is 1. The summed E-state index contributed by atoms with van der Waals surface area (Å²) in [5.74, 6) is -3.09. The van der Waals surface area contributed by atoms with Crippen LogP contribution in [0.2, 0.25) is 0 Å². The number of anilines is 1. The van der Waals surface area contributed by atoms with Gasteiger partial charge in [0.25, 0.3) is 0 Å². The van der Waals surface area contributed by atoms with Crippen LogP contribution in [-0.2, 0) is 14.6 Å². The summed E-state index contributed by atoms with van der Waals surface area (Å²) in [6, 6.07) is 3.81. The predicted molar refractivity (Wildman–Crippen MR) is 108 cm³/mol. The minimum atomic E-state index is -5.06. The Labute approximate surface area is 182 Å². The van der Waals surface area contributed by atoms with Crippen molar-refractivity contribution in [3.05, 3.63) is 51.5 Å². The maximum atomic E-state index is 14.2. The molecule has 0 amide bonds. The van der Waals surface area contributed by atoms with Crippen LogP contribution in [0.25, 0.3) is 0 Å². The number of nitriles is 1. The van der Waals surface area contributed by atoms with Gasteiger partial charge in [-0.15, -0.1) is 0 Å². The predicted octanol–water partition coefficient (Wildman–Crippen LogP) is 2.63. The molecule has 1 aromatic heterocycles. The second-order valence-corrected chi connectivity index (χ2v) is 9.69. The van der Waals surface area contributed by atoms with Gasteiger partial charge in [0.1, 0.15) is 22.4 Å². The first kappa shape index (κ1) is 23.4. The smallest absolute Gasteiger partial charge is 0.335 e. The second kappa shape index (κ2) is 8.36. The molecule has 3 rings (SSSR count). The third-order valence-electron chi connectivity index (χ3n) is 4.79. The van der Waals surface area contributed by atoms with Crippen LogP contribution in [0.15, 0.2) is 23.1 Å². The van der Waals surface area contributed by atoms with Gasteiger partial charge in [0.05, 0.1) is 23.2 Å². The van der Waals surface area contributed by atoms with E-state index in [9.17, 15) is 32.6 Å². The maximum absolute atomic E-state index is 14.2. The summed E-state index contributed by atoms with van der Waals surface area (Å²) in [7, 11) is -5.06. The molecule has 0 saturated carbocycles. The molecule has 1 atom stereocenters. The molecule has 170 valence electrons. The number of benzene rings is 1. The Morgan fingerprint density at radius 1 is 1.31 bits per heavy atom. The fourth-order valence-corrected chi connectivity index (χ4v) is 5.01. The van der Waals surface area contributed by atoms with Crippen LogP contribution >= 0.6 is 0 Å². The molecule has 10 nitrogen and oxygen atoms in total. The highest BCUT2D eigenvalue weighted by Crippen LogP contribution is 2.39. The van der Waals surface area contributed by atoms with E-state index >= 15 is 0 Å². The number of rotatable bonds is 5. The van der Waals surface area contributed by atoms with E-state index < -0.39 is 53.5 Å². The Balaban J connectivity index is 2.26. The molecule has 2 heterocycles. The Morgan fingerprint density at radius 2 is 1.94 bits per heavy atom. The van der Waals surface area contributed by atoms with Gasteiger partial charge in [0.2, 0.25) is 20.9 Å². The lowest BCUT2D eigenvalue weighted by Crippen LogP contribution is -2.49. The Hall–Kier alpha value is -3.24. The minimum absolute atomic E-state index is 0.0469. The summed E-state index contributed by atoms with van der Waals surface area (Å²) in [5, 5.41) is 19.3. The molecule has 1 saturated heterocycles. The number of aromatic nitrogens is 2. The molecule has 0 bridgehead atoms. The number of ether oxygens (including phenoxy) is 1. The van der Waals surface area contributed by atoms with Gasteiger partial charge in [-0.1, -0.05) is 6.07 Å². The summed E-state index contributed by atoms with van der Waals surface area (Å²) < 4.78 is 60.2. The average Bonchev–Trinajstić information content (AvgIpc) is 2.66. The van der Waals surface area contributed by atoms with Gasteiger partial charge in [-0.25, -0.2) is 27.2 Å². The molecule has 13 heteroatoms. The molecule has 0 aliphatic carbocycles. The van der Waals surface area contributed by atoms with Crippen molar-refractivity contribution < 1.29 is 26.9 Å². The van der Waals surface area contributed by atoms with E-state index in [0.29, 0.717) is 12.1 Å². The van der Waals surface area contributed by atoms with Crippen LogP contribution in [0.3, 0.4) is 0 Å². The largest absolute Gasteiger partial charge is 0.372 e. The van der Waals surface area contributed by atoms with E-state index in [-0.39, 0.29) is 31.3 Å². The molecule has 0 spiro atoms. The van der Waals surface area contributed by atoms with Crippen molar-refractivity contribution in [1.82, 2.24) is 9.97 Å². The number of morpholine rings is 1. The van der Waals surface area contributed by atoms with Gasteiger partial charge in [-0.05, 0) is 32.9 Å². The van der Waals surface area contributed by atoms with Crippen LogP contribution < -0.4 is 4.90 Å². The van der Waals surface area contributed by atoms with Gasteiger partial charge in [0.15, 0.2) is 5.69 Å². The fraction of sp³-hybridized carbons (Fsp3) is 0.421. The molecular weight excluding hydrogens is 448 g/mol. The number of nitrogens with zero attached hydrogens (tertiary/aromatic N) is 5. The first-order valence-electron chi connectivity index (χ1n) is 9.38. The molecule has 1 aliphatic rings. The topological polar surface area (TPSA) is 139 Å². The normalized spacial score (nSPS) is 16.9. The summed E-state index contributed by atoms with van der Waals surface area (Å²) in [5.41, 5.74) is -2.26. The summed E-state index contributed by atoms with van der Waals surface area (Å²) in [6.07, 6.45) is 0. The third-order valence-corrected chi connectivity index (χ3v) is 6.70. The second-order valence-electron chi connectivity index (χ2n) is 7.72. The lowest BCUT2D eigenvalue weighted by molar-refractivity contribution is -0.385. The van der Waals surface area contributed by atoms with Gasteiger partial charge < -0.3 is 9.64 Å². The maximum Gasteiger partial charge on any atom is 0.335 e. The van der Waals surface area contributed by atoms with E-state index in [4.69, 9.17) is 4.74 Å². The molecule has 0 N–H and O–H groups in total. The number of aryl methyl sites for hydroxylation is 1. The highest BCUT2D eigenvalue weighted by Gasteiger charge is 2.43. The Bertz CT molecular complexity index is 1210. The van der Waals surface area contributed by atoms with Crippen molar-refractivity contribution in [3.8, 4) is 6.07 Å². The van der Waals surface area contributed by atoms with Gasteiger partial charge in [-0.2, -0.15) is 5.26 Å². The van der Waals surface area contributed by atoms with Crippen LogP contribution in [-0.4, -0.2) is 48.6 Å². The van der Waals surface area contributed by atoms with E-state index in [1.165, 1.54) is 17.9 Å². The van der Waals surface area contributed by atoms with Crippen molar-refractivity contribution in [2.75, 3.05) is 24.6 Å². The highest BCUT2D eigenvalue weighted by molar-refractivity contribution is 7.92. The quantitative estimate of drug-likeness (QED) is 0.479. The van der Waals surface area contributed by atoms with Crippen LogP contribution in [0.4, 0.5) is 20.3 Å². The number of halogens is 2. The lowest BCUT2D eigenvalue weighted by atomic mass is 10.1. The van der Waals surface area contributed by atoms with Gasteiger partial charge in [0, 0.05) is 13.1 Å². The molecular formula is C19H19F2N5O5S. The van der Waals surface area contributed by atoms with E-state index in [2.05, 4.69) is 9.97 Å². The Morgan fingerprint density at radius 3 is 2.47 bits per heavy atom. The third kappa shape index (κ3) is 4.23. The average molecular weight is 467 g/mol. The molecule has 1 fully saturated rings. The molecule has 1 aliphatic heterocycles. The molecule has 32 heavy (non-hydrogen) atoms. The molecule has 1 aromatic carbocycles. The van der Waals surface area contributed by atoms with Crippen molar-refractivity contribution >= 4 is 21.3 Å².